The summed E-state index contributed by atoms with van der Waals surface area (Å²) >= 11 is 0. The summed E-state index contributed by atoms with van der Waals surface area (Å²) in [5.41, 5.74) is -0.873. The molecule has 1 rings (SSSR count). The summed E-state index contributed by atoms with van der Waals surface area (Å²) in [5.74, 6) is 0.221. The molecule has 0 atom stereocenters. The summed E-state index contributed by atoms with van der Waals surface area (Å²) in [5, 5.41) is 3.31. The fourth-order valence-corrected chi connectivity index (χ4v) is 4.69. The fourth-order valence-electron chi connectivity index (χ4n) is 2.84. The Kier molecular flexibility index (Phi) is 6.24. The van der Waals surface area contributed by atoms with E-state index in [0.717, 1.165) is 13.0 Å². The van der Waals surface area contributed by atoms with Crippen molar-refractivity contribution in [2.24, 2.45) is 0 Å². The van der Waals surface area contributed by atoms with Crippen molar-refractivity contribution in [1.82, 2.24) is 9.62 Å². The number of unbranched alkanes of at least 4 members (excludes halogenated alkanes) is 1. The number of ether oxygens (including phenoxy) is 1. The van der Waals surface area contributed by atoms with E-state index in [1.54, 1.807) is 4.31 Å². The molecule has 1 N–H and O–H groups in total. The fraction of sp³-hybridized carbons (Fsp3) is 1.00. The monoisotopic (exact) mass is 320 g/mol. The van der Waals surface area contributed by atoms with E-state index in [1.165, 1.54) is 0 Å². The first-order valence-corrected chi connectivity index (χ1v) is 9.46. The third kappa shape index (κ3) is 6.63. The lowest BCUT2D eigenvalue weighted by Gasteiger charge is -2.46. The second-order valence-corrected chi connectivity index (χ2v) is 9.61. The van der Waals surface area contributed by atoms with Crippen molar-refractivity contribution in [3.8, 4) is 0 Å². The highest BCUT2D eigenvalue weighted by Crippen LogP contribution is 2.29. The lowest BCUT2D eigenvalue weighted by molar-refractivity contribution is -0.163. The molecule has 1 fully saturated rings. The summed E-state index contributed by atoms with van der Waals surface area (Å²) in [6.07, 6.45) is 1.58. The Morgan fingerprint density at radius 1 is 1.10 bits per heavy atom. The van der Waals surface area contributed by atoms with Gasteiger partial charge in [-0.05, 0) is 47.1 Å². The van der Waals surface area contributed by atoms with Crippen molar-refractivity contribution in [2.45, 2.75) is 71.6 Å². The SMILES string of the molecule is CC(C)NCCCCS(=O)(=O)N1CC(C)(C)OC(C)(C)C1. The van der Waals surface area contributed by atoms with Gasteiger partial charge in [0.25, 0.3) is 0 Å². The number of nitrogens with zero attached hydrogens (tertiary/aromatic N) is 1. The van der Waals surface area contributed by atoms with E-state index < -0.39 is 21.2 Å². The molecule has 6 heteroatoms. The van der Waals surface area contributed by atoms with Gasteiger partial charge in [-0.1, -0.05) is 13.8 Å². The number of nitrogens with one attached hydrogen (secondary N) is 1. The van der Waals surface area contributed by atoms with Gasteiger partial charge in [-0.2, -0.15) is 4.31 Å². The molecule has 1 aliphatic rings. The summed E-state index contributed by atoms with van der Waals surface area (Å²) in [4.78, 5) is 0. The van der Waals surface area contributed by atoms with Crippen LogP contribution in [0.5, 0.6) is 0 Å². The van der Waals surface area contributed by atoms with Gasteiger partial charge in [-0.3, -0.25) is 0 Å². The molecule has 0 bridgehead atoms. The first kappa shape index (κ1) is 18.9. The van der Waals surface area contributed by atoms with Gasteiger partial charge in [0.05, 0.1) is 17.0 Å². The highest BCUT2D eigenvalue weighted by Gasteiger charge is 2.42. The normalized spacial score (nSPS) is 22.6. The molecule has 0 saturated carbocycles. The van der Waals surface area contributed by atoms with Crippen molar-refractivity contribution in [3.63, 3.8) is 0 Å². The molecule has 0 aliphatic carbocycles. The minimum absolute atomic E-state index is 0.221. The Labute approximate surface area is 130 Å². The van der Waals surface area contributed by atoms with Crippen molar-refractivity contribution < 1.29 is 13.2 Å². The van der Waals surface area contributed by atoms with E-state index in [1.807, 2.05) is 27.7 Å². The number of hydrogen-bond donors (Lipinski definition) is 1. The number of hydrogen-bond acceptors (Lipinski definition) is 4. The Hall–Kier alpha value is -0.170. The van der Waals surface area contributed by atoms with Gasteiger partial charge in [-0.15, -0.1) is 0 Å². The molecule has 0 amide bonds. The number of morpholine rings is 1. The quantitative estimate of drug-likeness (QED) is 0.729. The van der Waals surface area contributed by atoms with Crippen LogP contribution in [0, 0.1) is 0 Å². The third-order valence-electron chi connectivity index (χ3n) is 3.44. The molecule has 0 radical (unpaired) electrons. The summed E-state index contributed by atoms with van der Waals surface area (Å²) < 4.78 is 32.6. The maximum atomic E-state index is 12.5. The van der Waals surface area contributed by atoms with Gasteiger partial charge in [0.2, 0.25) is 10.0 Å². The molecule has 0 aromatic heterocycles. The Balaban J connectivity index is 2.53. The zero-order chi connectivity index (χ0) is 16.3. The standard InChI is InChI=1S/C15H32N2O3S/c1-13(2)16-9-7-8-10-21(18,19)17-11-14(3,4)20-15(5,6)12-17/h13,16H,7-12H2,1-6H3. The predicted molar refractivity (Wildman–Crippen MR) is 87.0 cm³/mol. The smallest absolute Gasteiger partial charge is 0.214 e. The molecule has 0 aromatic carbocycles. The van der Waals surface area contributed by atoms with E-state index in [2.05, 4.69) is 19.2 Å². The van der Waals surface area contributed by atoms with E-state index in [0.29, 0.717) is 25.6 Å². The molecule has 5 nitrogen and oxygen atoms in total. The van der Waals surface area contributed by atoms with Crippen molar-refractivity contribution in [1.29, 1.82) is 0 Å². The van der Waals surface area contributed by atoms with E-state index >= 15 is 0 Å². The first-order valence-electron chi connectivity index (χ1n) is 7.85. The minimum atomic E-state index is -3.20. The third-order valence-corrected chi connectivity index (χ3v) is 5.29. The molecule has 0 aromatic rings. The molecular formula is C15H32N2O3S. The molecule has 0 unspecified atom stereocenters. The minimum Gasteiger partial charge on any atom is -0.367 e. The number of sulfonamides is 1. The maximum Gasteiger partial charge on any atom is 0.214 e. The van der Waals surface area contributed by atoms with Crippen LogP contribution < -0.4 is 5.32 Å². The highest BCUT2D eigenvalue weighted by molar-refractivity contribution is 7.89. The van der Waals surface area contributed by atoms with Gasteiger partial charge >= 0.3 is 0 Å². The molecule has 1 aliphatic heterocycles. The Morgan fingerprint density at radius 2 is 1.62 bits per heavy atom. The van der Waals surface area contributed by atoms with Crippen molar-refractivity contribution >= 4 is 10.0 Å². The van der Waals surface area contributed by atoms with Crippen LogP contribution >= 0.6 is 0 Å². The summed E-state index contributed by atoms with van der Waals surface area (Å²) in [6.45, 7) is 13.7. The zero-order valence-corrected chi connectivity index (χ0v) is 15.2. The average Bonchev–Trinajstić information content (AvgIpc) is 2.23. The molecule has 1 heterocycles. The molecule has 126 valence electrons. The highest BCUT2D eigenvalue weighted by atomic mass is 32.2. The lowest BCUT2D eigenvalue weighted by atomic mass is 10.0. The van der Waals surface area contributed by atoms with Crippen LogP contribution in [-0.4, -0.2) is 55.4 Å². The van der Waals surface area contributed by atoms with Crippen molar-refractivity contribution in [2.75, 3.05) is 25.4 Å². The first-order chi connectivity index (χ1) is 9.44. The van der Waals surface area contributed by atoms with E-state index in [9.17, 15) is 8.42 Å². The van der Waals surface area contributed by atoms with Gasteiger partial charge in [0.15, 0.2) is 0 Å². The largest absolute Gasteiger partial charge is 0.367 e. The van der Waals surface area contributed by atoms with Crippen LogP contribution in [0.15, 0.2) is 0 Å². The van der Waals surface area contributed by atoms with Crippen LogP contribution in [0.2, 0.25) is 0 Å². The molecule has 1 saturated heterocycles. The molecule has 21 heavy (non-hydrogen) atoms. The van der Waals surface area contributed by atoms with Gasteiger partial charge in [-0.25, -0.2) is 8.42 Å². The lowest BCUT2D eigenvalue weighted by Crippen LogP contribution is -2.58. The van der Waals surface area contributed by atoms with Crippen molar-refractivity contribution in [3.05, 3.63) is 0 Å². The van der Waals surface area contributed by atoms with Crippen LogP contribution in [0.3, 0.4) is 0 Å². The van der Waals surface area contributed by atoms with Crippen LogP contribution in [0.4, 0.5) is 0 Å². The van der Waals surface area contributed by atoms with E-state index in [-0.39, 0.29) is 5.75 Å². The topological polar surface area (TPSA) is 58.6 Å². The summed E-state index contributed by atoms with van der Waals surface area (Å²) in [6, 6.07) is 0.447. The molecular weight excluding hydrogens is 288 g/mol. The molecule has 0 spiro atoms. The maximum absolute atomic E-state index is 12.5. The summed E-state index contributed by atoms with van der Waals surface area (Å²) in [7, 11) is -3.20. The predicted octanol–water partition coefficient (Wildman–Crippen LogP) is 1.98. The van der Waals surface area contributed by atoms with Crippen LogP contribution in [0.25, 0.3) is 0 Å². The van der Waals surface area contributed by atoms with E-state index in [4.69, 9.17) is 4.74 Å². The zero-order valence-electron chi connectivity index (χ0n) is 14.4. The Bertz CT molecular complexity index is 414. The average molecular weight is 320 g/mol. The van der Waals surface area contributed by atoms with Gasteiger partial charge in [0, 0.05) is 19.1 Å². The van der Waals surface area contributed by atoms with Gasteiger partial charge < -0.3 is 10.1 Å². The number of rotatable bonds is 7. The Morgan fingerprint density at radius 3 is 2.10 bits per heavy atom. The van der Waals surface area contributed by atoms with Gasteiger partial charge in [0.1, 0.15) is 0 Å². The van der Waals surface area contributed by atoms with Crippen LogP contribution in [-0.2, 0) is 14.8 Å². The second kappa shape index (κ2) is 6.94. The van der Waals surface area contributed by atoms with Crippen LogP contribution in [0.1, 0.15) is 54.4 Å². The second-order valence-electron chi connectivity index (χ2n) is 7.52.